The molecule has 0 N–H and O–H groups in total. The quantitative estimate of drug-likeness (QED) is 0.531. The molecule has 2 aromatic rings. The topological polar surface area (TPSA) is 44.8 Å². The van der Waals surface area contributed by atoms with Gasteiger partial charge in [0, 0.05) is 0 Å². The Morgan fingerprint density at radius 3 is 2.19 bits per heavy atom. The fourth-order valence-electron chi connectivity index (χ4n) is 1.59. The van der Waals surface area contributed by atoms with Crippen LogP contribution >= 0.6 is 19.4 Å². The summed E-state index contributed by atoms with van der Waals surface area (Å²) in [6.45, 7) is 1.66. The summed E-state index contributed by atoms with van der Waals surface area (Å²) in [5, 5.41) is 0. The number of benzene rings is 2. The summed E-state index contributed by atoms with van der Waals surface area (Å²) < 4.78 is 28.5. The minimum absolute atomic E-state index is 0.106. The third-order valence-electron chi connectivity index (χ3n) is 2.47. The number of phosphoric acid groups is 1. The predicted molar refractivity (Wildman–Crippen MR) is 82.3 cm³/mol. The Hall–Kier alpha value is -1.32. The van der Waals surface area contributed by atoms with E-state index < -0.39 is 13.4 Å². The van der Waals surface area contributed by atoms with Crippen molar-refractivity contribution in [3.05, 3.63) is 66.2 Å². The molecule has 0 bridgehead atoms. The highest BCUT2D eigenvalue weighted by molar-refractivity contribution is 7.49. The second-order valence-corrected chi connectivity index (χ2v) is 6.42. The van der Waals surface area contributed by atoms with E-state index in [0.29, 0.717) is 5.75 Å². The lowest BCUT2D eigenvalue weighted by atomic mass is 10.2. The molecule has 0 heterocycles. The summed E-state index contributed by atoms with van der Waals surface area (Å²) in [7, 11) is -3.79. The number of rotatable bonds is 7. The molecule has 0 aliphatic rings. The van der Waals surface area contributed by atoms with Crippen LogP contribution in [0.3, 0.4) is 0 Å². The molecule has 0 fully saturated rings. The van der Waals surface area contributed by atoms with Gasteiger partial charge in [-0.3, -0.25) is 9.05 Å². The third kappa shape index (κ3) is 5.52. The zero-order chi connectivity index (χ0) is 15.1. The van der Waals surface area contributed by atoms with Crippen molar-refractivity contribution in [1.82, 2.24) is 0 Å². The first-order valence-corrected chi connectivity index (χ1v) is 8.33. The van der Waals surface area contributed by atoms with E-state index in [-0.39, 0.29) is 6.61 Å². The van der Waals surface area contributed by atoms with Crippen molar-refractivity contribution >= 4 is 19.4 Å². The molecule has 0 aliphatic heterocycles. The van der Waals surface area contributed by atoms with Gasteiger partial charge in [-0.1, -0.05) is 60.1 Å². The predicted octanol–water partition coefficient (Wildman–Crippen LogP) is 4.99. The van der Waals surface area contributed by atoms with E-state index in [0.717, 1.165) is 5.56 Å². The van der Waals surface area contributed by atoms with E-state index in [1.165, 1.54) is 0 Å². The fraction of sp³-hybridized carbons (Fsp3) is 0.200. The van der Waals surface area contributed by atoms with Crippen LogP contribution in [0.2, 0.25) is 0 Å². The van der Waals surface area contributed by atoms with Gasteiger partial charge in [0.2, 0.25) is 0 Å². The van der Waals surface area contributed by atoms with E-state index in [4.69, 9.17) is 25.2 Å². The van der Waals surface area contributed by atoms with Gasteiger partial charge in [-0.05, 0) is 24.6 Å². The van der Waals surface area contributed by atoms with E-state index in [1.54, 1.807) is 31.2 Å². The van der Waals surface area contributed by atoms with E-state index in [1.807, 2.05) is 36.4 Å². The van der Waals surface area contributed by atoms with Gasteiger partial charge in [0.25, 0.3) is 0 Å². The van der Waals surface area contributed by atoms with Crippen LogP contribution in [0.25, 0.3) is 0 Å². The zero-order valence-electron chi connectivity index (χ0n) is 11.5. The third-order valence-corrected chi connectivity index (χ3v) is 4.13. The van der Waals surface area contributed by atoms with Crippen LogP contribution in [0.1, 0.15) is 12.5 Å². The molecule has 0 amide bonds. The monoisotopic (exact) mass is 326 g/mol. The molecule has 0 radical (unpaired) electrons. The number of para-hydroxylation sites is 1. The molecule has 0 aliphatic carbocycles. The van der Waals surface area contributed by atoms with Crippen molar-refractivity contribution in [2.75, 3.05) is 0 Å². The largest absolute Gasteiger partial charge is 0.531 e. The molecular weight excluding hydrogens is 311 g/mol. The normalized spacial score (nSPS) is 15.1. The first kappa shape index (κ1) is 16.1. The van der Waals surface area contributed by atoms with Crippen LogP contribution in [0.4, 0.5) is 0 Å². The van der Waals surface area contributed by atoms with Gasteiger partial charge in [0.05, 0.1) is 6.61 Å². The summed E-state index contributed by atoms with van der Waals surface area (Å²) >= 11 is 5.76. The summed E-state index contributed by atoms with van der Waals surface area (Å²) in [4.78, 5) is 0. The van der Waals surface area contributed by atoms with Gasteiger partial charge in [0.1, 0.15) is 11.3 Å². The number of alkyl halides is 1. The lowest BCUT2D eigenvalue weighted by Crippen LogP contribution is -2.06. The Balaban J connectivity index is 2.07. The van der Waals surface area contributed by atoms with Crippen molar-refractivity contribution in [2.45, 2.75) is 19.1 Å². The van der Waals surface area contributed by atoms with E-state index in [9.17, 15) is 4.57 Å². The Morgan fingerprint density at radius 2 is 1.62 bits per heavy atom. The van der Waals surface area contributed by atoms with Crippen molar-refractivity contribution < 1.29 is 18.1 Å². The van der Waals surface area contributed by atoms with Crippen molar-refractivity contribution in [1.29, 1.82) is 0 Å². The first-order valence-electron chi connectivity index (χ1n) is 6.43. The molecule has 2 unspecified atom stereocenters. The highest BCUT2D eigenvalue weighted by atomic mass is 35.5. The molecule has 0 saturated carbocycles. The van der Waals surface area contributed by atoms with Crippen LogP contribution in [-0.4, -0.2) is 5.56 Å². The van der Waals surface area contributed by atoms with Crippen molar-refractivity contribution in [3.63, 3.8) is 0 Å². The van der Waals surface area contributed by atoms with Crippen LogP contribution in [-0.2, 0) is 20.2 Å². The summed E-state index contributed by atoms with van der Waals surface area (Å²) in [5.41, 5.74) is 0.0653. The molecule has 0 saturated heterocycles. The minimum Gasteiger partial charge on any atom is -0.404 e. The molecule has 2 aromatic carbocycles. The van der Waals surface area contributed by atoms with Crippen molar-refractivity contribution in [3.8, 4) is 5.75 Å². The highest BCUT2D eigenvalue weighted by Crippen LogP contribution is 2.51. The molecule has 6 heteroatoms. The average molecular weight is 327 g/mol. The Morgan fingerprint density at radius 1 is 1.05 bits per heavy atom. The van der Waals surface area contributed by atoms with Gasteiger partial charge >= 0.3 is 7.82 Å². The lowest BCUT2D eigenvalue weighted by molar-refractivity contribution is 0.142. The van der Waals surface area contributed by atoms with Crippen molar-refractivity contribution in [2.24, 2.45) is 0 Å². The van der Waals surface area contributed by atoms with Gasteiger partial charge in [-0.2, -0.15) is 0 Å². The van der Waals surface area contributed by atoms with E-state index >= 15 is 0 Å². The molecule has 2 atom stereocenters. The SMILES string of the molecule is CC(Cl)OP(=O)(OCc1ccccc1)Oc1ccccc1. The number of phosphoric ester groups is 1. The van der Waals surface area contributed by atoms with Crippen LogP contribution in [0.5, 0.6) is 5.75 Å². The minimum atomic E-state index is -3.79. The summed E-state index contributed by atoms with van der Waals surface area (Å²) in [5.74, 6) is 0.395. The molecule has 0 spiro atoms. The van der Waals surface area contributed by atoms with Gasteiger partial charge < -0.3 is 4.52 Å². The molecule has 4 nitrogen and oxygen atoms in total. The first-order chi connectivity index (χ1) is 10.1. The summed E-state index contributed by atoms with van der Waals surface area (Å²) in [6, 6.07) is 18.0. The number of hydrogen-bond donors (Lipinski definition) is 0. The van der Waals surface area contributed by atoms with Crippen LogP contribution in [0, 0.1) is 0 Å². The van der Waals surface area contributed by atoms with E-state index in [2.05, 4.69) is 0 Å². The molecule has 2 rings (SSSR count). The summed E-state index contributed by atoms with van der Waals surface area (Å²) in [6.07, 6.45) is 0. The number of hydrogen-bond acceptors (Lipinski definition) is 4. The Bertz CT molecular complexity index is 589. The standard InChI is InChI=1S/C15H16ClO4P/c1-13(16)19-21(17,20-15-10-6-3-7-11-15)18-12-14-8-4-2-5-9-14/h2-11,13H,12H2,1H3. The van der Waals surface area contributed by atoms with Crippen LogP contribution < -0.4 is 4.52 Å². The van der Waals surface area contributed by atoms with Crippen LogP contribution in [0.15, 0.2) is 60.7 Å². The maximum atomic E-state index is 12.6. The second kappa shape index (κ2) is 7.62. The maximum Gasteiger partial charge on any atom is 0.531 e. The maximum absolute atomic E-state index is 12.6. The Kier molecular flexibility index (Phi) is 5.83. The smallest absolute Gasteiger partial charge is 0.404 e. The van der Waals surface area contributed by atoms with Gasteiger partial charge in [-0.25, -0.2) is 4.57 Å². The molecule has 21 heavy (non-hydrogen) atoms. The zero-order valence-corrected chi connectivity index (χ0v) is 13.2. The molecule has 112 valence electrons. The average Bonchev–Trinajstić information content (AvgIpc) is 2.46. The Labute approximate surface area is 129 Å². The number of halogens is 1. The highest BCUT2D eigenvalue weighted by Gasteiger charge is 2.30. The second-order valence-electron chi connectivity index (χ2n) is 4.26. The van der Waals surface area contributed by atoms with Gasteiger partial charge in [0.15, 0.2) is 0 Å². The fourth-order valence-corrected chi connectivity index (χ4v) is 3.09. The molecule has 0 aromatic heterocycles. The lowest BCUT2D eigenvalue weighted by Gasteiger charge is -2.19. The van der Waals surface area contributed by atoms with Gasteiger partial charge in [-0.15, -0.1) is 0 Å². The molecular formula is C15H16ClO4P.